The first-order valence-electron chi connectivity index (χ1n) is 7.98. The van der Waals surface area contributed by atoms with Crippen molar-refractivity contribution in [3.8, 4) is 0 Å². The summed E-state index contributed by atoms with van der Waals surface area (Å²) in [4.78, 5) is 2.35. The lowest BCUT2D eigenvalue weighted by Crippen LogP contribution is -2.25. The lowest BCUT2D eigenvalue weighted by Gasteiger charge is -2.18. The van der Waals surface area contributed by atoms with Gasteiger partial charge in [0.1, 0.15) is 5.76 Å². The van der Waals surface area contributed by atoms with Gasteiger partial charge in [0.05, 0.1) is 25.8 Å². The molecule has 0 bridgehead atoms. The number of rotatable bonds is 7. The van der Waals surface area contributed by atoms with E-state index in [0.717, 1.165) is 12.3 Å². The predicted molar refractivity (Wildman–Crippen MR) is 84.5 cm³/mol. The van der Waals surface area contributed by atoms with E-state index in [1.165, 1.54) is 18.4 Å². The maximum Gasteiger partial charge on any atom is 0.230 e. The number of nitrogens with zero attached hydrogens (tertiary/aromatic N) is 3. The fraction of sp³-hybridized carbons (Fsp3) is 0.333. The van der Waals surface area contributed by atoms with E-state index in [1.54, 1.807) is 6.26 Å². The molecule has 1 aliphatic carbocycles. The lowest BCUT2D eigenvalue weighted by atomic mass is 10.2. The van der Waals surface area contributed by atoms with Gasteiger partial charge in [-0.25, -0.2) is 0 Å². The zero-order valence-electron chi connectivity index (χ0n) is 12.9. The Morgan fingerprint density at radius 2 is 1.78 bits per heavy atom. The number of hydrogen-bond acceptors (Lipinski definition) is 5. The van der Waals surface area contributed by atoms with Crippen LogP contribution in [-0.4, -0.2) is 21.1 Å². The molecule has 0 N–H and O–H groups in total. The topological polar surface area (TPSA) is 55.3 Å². The molecule has 0 spiro atoms. The van der Waals surface area contributed by atoms with Crippen molar-refractivity contribution in [3.05, 3.63) is 71.8 Å². The van der Waals surface area contributed by atoms with Crippen LogP contribution in [0.1, 0.15) is 35.9 Å². The van der Waals surface area contributed by atoms with Gasteiger partial charge in [0.15, 0.2) is 0 Å². The molecule has 23 heavy (non-hydrogen) atoms. The van der Waals surface area contributed by atoms with Crippen LogP contribution in [0, 0.1) is 0 Å². The molecule has 5 heteroatoms. The van der Waals surface area contributed by atoms with E-state index in [1.807, 2.05) is 30.3 Å². The summed E-state index contributed by atoms with van der Waals surface area (Å²) in [6.45, 7) is 1.46. The van der Waals surface area contributed by atoms with Crippen LogP contribution in [0.4, 0.5) is 0 Å². The maximum atomic E-state index is 5.82. The highest BCUT2D eigenvalue weighted by molar-refractivity contribution is 5.17. The Morgan fingerprint density at radius 1 is 0.957 bits per heavy atom. The number of furan rings is 1. The van der Waals surface area contributed by atoms with E-state index in [-0.39, 0.29) is 0 Å². The third kappa shape index (κ3) is 3.68. The molecule has 5 nitrogen and oxygen atoms in total. The summed E-state index contributed by atoms with van der Waals surface area (Å²) in [5.74, 6) is 2.32. The molecular formula is C18H19N3O2. The minimum atomic E-state index is 0.601. The average Bonchev–Trinajstić information content (AvgIpc) is 3.12. The van der Waals surface area contributed by atoms with Crippen LogP contribution in [0.25, 0.3) is 0 Å². The van der Waals surface area contributed by atoms with Gasteiger partial charge < -0.3 is 8.83 Å². The summed E-state index contributed by atoms with van der Waals surface area (Å²) >= 11 is 0. The minimum Gasteiger partial charge on any atom is -0.468 e. The number of aromatic nitrogens is 2. The first kappa shape index (κ1) is 14.2. The molecule has 1 aliphatic rings. The van der Waals surface area contributed by atoms with Crippen LogP contribution in [0.3, 0.4) is 0 Å². The molecule has 118 valence electrons. The van der Waals surface area contributed by atoms with E-state index < -0.39 is 0 Å². The predicted octanol–water partition coefficient (Wildman–Crippen LogP) is 3.42. The maximum absolute atomic E-state index is 5.82. The normalized spacial score (nSPS) is 14.5. The number of benzene rings is 1. The molecule has 0 amide bonds. The Bertz CT molecular complexity index is 733. The van der Waals surface area contributed by atoms with Gasteiger partial charge in [-0.15, -0.1) is 10.2 Å². The van der Waals surface area contributed by atoms with E-state index in [2.05, 4.69) is 27.2 Å². The van der Waals surface area contributed by atoms with Crippen molar-refractivity contribution in [2.24, 2.45) is 0 Å². The van der Waals surface area contributed by atoms with Crippen molar-refractivity contribution in [2.45, 2.75) is 38.4 Å². The van der Waals surface area contributed by atoms with Crippen molar-refractivity contribution >= 4 is 0 Å². The van der Waals surface area contributed by atoms with Gasteiger partial charge in [-0.2, -0.15) is 0 Å². The van der Waals surface area contributed by atoms with E-state index in [9.17, 15) is 0 Å². The molecule has 1 saturated carbocycles. The Morgan fingerprint density at radius 3 is 2.52 bits per heavy atom. The largest absolute Gasteiger partial charge is 0.468 e. The highest BCUT2D eigenvalue weighted by Gasteiger charge is 2.30. The zero-order valence-corrected chi connectivity index (χ0v) is 12.9. The standard InChI is InChI=1S/C18H19N3O2/c1-2-5-14(6-3-1)11-17-19-20-18(23-17)13-21(15-8-9-15)12-16-7-4-10-22-16/h1-7,10,15H,8-9,11-13H2. The van der Waals surface area contributed by atoms with Crippen LogP contribution < -0.4 is 0 Å². The summed E-state index contributed by atoms with van der Waals surface area (Å²) < 4.78 is 11.3. The number of hydrogen-bond donors (Lipinski definition) is 0. The second-order valence-electron chi connectivity index (χ2n) is 5.97. The van der Waals surface area contributed by atoms with Gasteiger partial charge in [-0.1, -0.05) is 30.3 Å². The zero-order chi connectivity index (χ0) is 15.5. The van der Waals surface area contributed by atoms with Crippen LogP contribution in [0.2, 0.25) is 0 Å². The smallest absolute Gasteiger partial charge is 0.230 e. The quantitative estimate of drug-likeness (QED) is 0.669. The Balaban J connectivity index is 1.41. The molecule has 0 atom stereocenters. The Labute approximate surface area is 134 Å². The highest BCUT2D eigenvalue weighted by Crippen LogP contribution is 2.29. The monoisotopic (exact) mass is 309 g/mol. The molecule has 1 fully saturated rings. The van der Waals surface area contributed by atoms with Crippen LogP contribution in [-0.2, 0) is 19.5 Å². The van der Waals surface area contributed by atoms with E-state index in [0.29, 0.717) is 30.8 Å². The van der Waals surface area contributed by atoms with Crippen LogP contribution in [0.5, 0.6) is 0 Å². The van der Waals surface area contributed by atoms with E-state index in [4.69, 9.17) is 8.83 Å². The summed E-state index contributed by atoms with van der Waals surface area (Å²) in [5, 5.41) is 8.38. The molecule has 0 aliphatic heterocycles. The fourth-order valence-electron chi connectivity index (χ4n) is 2.72. The molecule has 4 rings (SSSR count). The molecule has 0 saturated heterocycles. The van der Waals surface area contributed by atoms with E-state index >= 15 is 0 Å². The lowest BCUT2D eigenvalue weighted by molar-refractivity contribution is 0.202. The molecule has 1 aromatic carbocycles. The molecule has 0 unspecified atom stereocenters. The third-order valence-electron chi connectivity index (χ3n) is 4.05. The van der Waals surface area contributed by atoms with Gasteiger partial charge in [0.2, 0.25) is 11.8 Å². The second kappa shape index (κ2) is 6.38. The summed E-state index contributed by atoms with van der Waals surface area (Å²) in [5.41, 5.74) is 1.18. The van der Waals surface area contributed by atoms with Crippen LogP contribution >= 0.6 is 0 Å². The van der Waals surface area contributed by atoms with Gasteiger partial charge >= 0.3 is 0 Å². The minimum absolute atomic E-state index is 0.601. The van der Waals surface area contributed by atoms with Crippen molar-refractivity contribution in [2.75, 3.05) is 0 Å². The molecular weight excluding hydrogens is 290 g/mol. The first-order valence-corrected chi connectivity index (χ1v) is 7.98. The van der Waals surface area contributed by atoms with Crippen molar-refractivity contribution < 1.29 is 8.83 Å². The molecule has 2 heterocycles. The molecule has 3 aromatic rings. The van der Waals surface area contributed by atoms with Gasteiger partial charge in [-0.3, -0.25) is 4.90 Å². The van der Waals surface area contributed by atoms with Crippen molar-refractivity contribution in [1.29, 1.82) is 0 Å². The third-order valence-corrected chi connectivity index (χ3v) is 4.05. The first-order chi connectivity index (χ1) is 11.4. The average molecular weight is 309 g/mol. The summed E-state index contributed by atoms with van der Waals surface area (Å²) in [6.07, 6.45) is 4.85. The molecule has 2 aromatic heterocycles. The second-order valence-corrected chi connectivity index (χ2v) is 5.97. The molecule has 0 radical (unpaired) electrons. The summed E-state index contributed by atoms with van der Waals surface area (Å²) in [6, 6.07) is 14.7. The van der Waals surface area contributed by atoms with Gasteiger partial charge in [0.25, 0.3) is 0 Å². The van der Waals surface area contributed by atoms with Gasteiger partial charge in [0, 0.05) is 6.04 Å². The highest BCUT2D eigenvalue weighted by atomic mass is 16.4. The fourth-order valence-corrected chi connectivity index (χ4v) is 2.72. The van der Waals surface area contributed by atoms with Gasteiger partial charge in [-0.05, 0) is 30.5 Å². The SMILES string of the molecule is c1ccc(Cc2nnc(CN(Cc3ccco3)C3CC3)o2)cc1. The van der Waals surface area contributed by atoms with Crippen molar-refractivity contribution in [1.82, 2.24) is 15.1 Å². The van der Waals surface area contributed by atoms with Crippen molar-refractivity contribution in [3.63, 3.8) is 0 Å². The van der Waals surface area contributed by atoms with Crippen LogP contribution in [0.15, 0.2) is 57.6 Å². The Hall–Kier alpha value is -2.40. The summed E-state index contributed by atoms with van der Waals surface area (Å²) in [7, 11) is 0. The Kier molecular flexibility index (Phi) is 3.94.